The zero-order valence-electron chi connectivity index (χ0n) is 18.0. The number of fused-ring (bicyclic) bond motifs is 1. The van der Waals surface area contributed by atoms with Crippen molar-refractivity contribution in [3.8, 4) is 0 Å². The molecule has 3 heterocycles. The zero-order valence-corrected chi connectivity index (χ0v) is 19.6. The van der Waals surface area contributed by atoms with Crippen LogP contribution in [0.5, 0.6) is 0 Å². The second-order valence-corrected chi connectivity index (χ2v) is 8.11. The number of nitrogens with one attached hydrogen (secondary N) is 1. The third-order valence-corrected chi connectivity index (χ3v) is 5.84. The summed E-state index contributed by atoms with van der Waals surface area (Å²) in [6, 6.07) is 14.5. The fourth-order valence-corrected chi connectivity index (χ4v) is 3.75. The molecule has 0 saturated heterocycles. The molecule has 0 atom stereocenters. The molecule has 0 radical (unpaired) electrons. The molecular formula is C25H19Cl2N3O4. The summed E-state index contributed by atoms with van der Waals surface area (Å²) < 4.78 is 6.71. The fraction of sp³-hybridized carbons (Fsp3) is 0.120. The molecule has 0 unspecified atom stereocenters. The van der Waals surface area contributed by atoms with Crippen molar-refractivity contribution in [3.63, 3.8) is 0 Å². The minimum atomic E-state index is -0.598. The average Bonchev–Trinajstić information content (AvgIpc) is 3.23. The smallest absolute Gasteiger partial charge is 0.340 e. The van der Waals surface area contributed by atoms with Crippen molar-refractivity contribution >= 4 is 46.4 Å². The van der Waals surface area contributed by atoms with Crippen LogP contribution in [0.2, 0.25) is 10.0 Å². The van der Waals surface area contributed by atoms with E-state index in [4.69, 9.17) is 27.9 Å². The van der Waals surface area contributed by atoms with Gasteiger partial charge in [0.15, 0.2) is 0 Å². The van der Waals surface area contributed by atoms with Gasteiger partial charge in [0.25, 0.3) is 5.91 Å². The third-order valence-electron chi connectivity index (χ3n) is 5.10. The van der Waals surface area contributed by atoms with E-state index in [1.807, 2.05) is 6.07 Å². The van der Waals surface area contributed by atoms with Crippen LogP contribution in [0.4, 0.5) is 0 Å². The lowest BCUT2D eigenvalue weighted by Crippen LogP contribution is -2.23. The van der Waals surface area contributed by atoms with Crippen LogP contribution in [0.25, 0.3) is 5.52 Å². The first-order chi connectivity index (χ1) is 16.4. The predicted molar refractivity (Wildman–Crippen MR) is 129 cm³/mol. The van der Waals surface area contributed by atoms with E-state index in [1.165, 1.54) is 18.2 Å². The van der Waals surface area contributed by atoms with Crippen molar-refractivity contribution in [3.05, 3.63) is 105 Å². The van der Waals surface area contributed by atoms with Crippen molar-refractivity contribution in [1.82, 2.24) is 14.7 Å². The Morgan fingerprint density at radius 1 is 1.00 bits per heavy atom. The first-order valence-electron chi connectivity index (χ1n) is 10.4. The van der Waals surface area contributed by atoms with Crippen LogP contribution in [-0.2, 0) is 11.3 Å². The van der Waals surface area contributed by atoms with Gasteiger partial charge in [0.05, 0.1) is 45.7 Å². The molecule has 172 valence electrons. The van der Waals surface area contributed by atoms with Crippen LogP contribution in [0.3, 0.4) is 0 Å². The monoisotopic (exact) mass is 495 g/mol. The lowest BCUT2D eigenvalue weighted by Gasteiger charge is -2.08. The molecule has 1 N–H and O–H groups in total. The normalized spacial score (nSPS) is 10.8. The van der Waals surface area contributed by atoms with Crippen LogP contribution in [-0.4, -0.2) is 33.7 Å². The van der Waals surface area contributed by atoms with Gasteiger partial charge in [-0.3, -0.25) is 14.6 Å². The van der Waals surface area contributed by atoms with E-state index in [0.717, 1.165) is 0 Å². The number of esters is 1. The van der Waals surface area contributed by atoms with Crippen molar-refractivity contribution < 1.29 is 19.1 Å². The maximum atomic E-state index is 13.2. The Morgan fingerprint density at radius 2 is 1.82 bits per heavy atom. The van der Waals surface area contributed by atoms with Crippen LogP contribution < -0.4 is 5.32 Å². The maximum absolute atomic E-state index is 13.2. The zero-order chi connectivity index (χ0) is 24.2. The average molecular weight is 496 g/mol. The van der Waals surface area contributed by atoms with E-state index >= 15 is 0 Å². The summed E-state index contributed by atoms with van der Waals surface area (Å²) in [4.78, 5) is 42.8. The lowest BCUT2D eigenvalue weighted by atomic mass is 10.1. The molecule has 0 aliphatic rings. The number of carbonyl (C=O) groups is 3. The first-order valence-corrected chi connectivity index (χ1v) is 11.1. The van der Waals surface area contributed by atoms with E-state index in [0.29, 0.717) is 27.4 Å². The molecule has 7 nitrogen and oxygen atoms in total. The van der Waals surface area contributed by atoms with E-state index in [1.54, 1.807) is 54.0 Å². The van der Waals surface area contributed by atoms with E-state index < -0.39 is 5.97 Å². The number of amides is 1. The number of nitrogens with zero attached hydrogens (tertiary/aromatic N) is 2. The molecule has 0 bridgehead atoms. The first kappa shape index (κ1) is 23.5. The van der Waals surface area contributed by atoms with Gasteiger partial charge in [0.2, 0.25) is 5.78 Å². The summed E-state index contributed by atoms with van der Waals surface area (Å²) >= 11 is 12.0. The van der Waals surface area contributed by atoms with Crippen LogP contribution >= 0.6 is 23.2 Å². The summed E-state index contributed by atoms with van der Waals surface area (Å²) in [6.07, 6.45) is 3.21. The standard InChI is InChI=1S/C25H19Cl2N3O4/c1-2-34-25(33)18-13-22(23(31)15-6-7-19(26)20(27)11-15)30-10-8-16(12-21(18)30)24(32)29-14-17-5-3-4-9-28-17/h3-13H,2,14H2,1H3,(H,29,32). The Hall–Kier alpha value is -3.68. The number of rotatable bonds is 7. The van der Waals surface area contributed by atoms with Gasteiger partial charge in [0.1, 0.15) is 0 Å². The second kappa shape index (κ2) is 10.1. The molecule has 4 aromatic rings. The number of ether oxygens (including phenoxy) is 1. The molecule has 34 heavy (non-hydrogen) atoms. The van der Waals surface area contributed by atoms with E-state index in [9.17, 15) is 14.4 Å². The Bertz CT molecular complexity index is 1400. The van der Waals surface area contributed by atoms with Gasteiger partial charge in [-0.15, -0.1) is 0 Å². The Kier molecular flexibility index (Phi) is 6.95. The van der Waals surface area contributed by atoms with Gasteiger partial charge in [-0.1, -0.05) is 29.3 Å². The fourth-order valence-electron chi connectivity index (χ4n) is 3.45. The second-order valence-electron chi connectivity index (χ2n) is 7.30. The summed E-state index contributed by atoms with van der Waals surface area (Å²) in [5, 5.41) is 3.37. The Balaban J connectivity index is 1.72. The predicted octanol–water partition coefficient (Wildman–Crippen LogP) is 4.98. The molecule has 0 fully saturated rings. The van der Waals surface area contributed by atoms with Crippen molar-refractivity contribution in [2.24, 2.45) is 0 Å². The minimum Gasteiger partial charge on any atom is -0.462 e. The summed E-state index contributed by atoms with van der Waals surface area (Å²) in [5.74, 6) is -1.31. The number of pyridine rings is 2. The van der Waals surface area contributed by atoms with Crippen LogP contribution in [0, 0.1) is 0 Å². The SMILES string of the molecule is CCOC(=O)c1cc(C(=O)c2ccc(Cl)c(Cl)c2)n2ccc(C(=O)NCc3ccccn3)cc12. The topological polar surface area (TPSA) is 89.8 Å². The highest BCUT2D eigenvalue weighted by molar-refractivity contribution is 6.42. The minimum absolute atomic E-state index is 0.163. The number of carbonyl (C=O) groups excluding carboxylic acids is 3. The molecule has 0 spiro atoms. The third kappa shape index (κ3) is 4.81. The van der Waals surface area contributed by atoms with Gasteiger partial charge in [-0.2, -0.15) is 0 Å². The highest BCUT2D eigenvalue weighted by Crippen LogP contribution is 2.26. The quantitative estimate of drug-likeness (QED) is 0.288. The molecule has 0 aliphatic carbocycles. The van der Waals surface area contributed by atoms with E-state index in [-0.39, 0.29) is 41.1 Å². The summed E-state index contributed by atoms with van der Waals surface area (Å²) in [6.45, 7) is 2.10. The molecule has 3 aromatic heterocycles. The molecule has 1 amide bonds. The number of halogens is 2. The number of benzene rings is 1. The molecule has 1 aromatic carbocycles. The van der Waals surface area contributed by atoms with Crippen molar-refractivity contribution in [2.75, 3.05) is 6.61 Å². The molecule has 0 saturated carbocycles. The van der Waals surface area contributed by atoms with Crippen molar-refractivity contribution in [1.29, 1.82) is 0 Å². The molecule has 9 heteroatoms. The highest BCUT2D eigenvalue weighted by Gasteiger charge is 2.23. The van der Waals surface area contributed by atoms with Gasteiger partial charge in [-0.05, 0) is 55.5 Å². The molecular weight excluding hydrogens is 477 g/mol. The van der Waals surface area contributed by atoms with Crippen molar-refractivity contribution in [2.45, 2.75) is 13.5 Å². The lowest BCUT2D eigenvalue weighted by molar-refractivity contribution is 0.0528. The number of hydrogen-bond acceptors (Lipinski definition) is 5. The molecule has 0 aliphatic heterocycles. The Labute approximate surface area is 205 Å². The molecule has 4 rings (SSSR count). The number of ketones is 1. The summed E-state index contributed by atoms with van der Waals surface area (Å²) in [5.41, 5.74) is 2.09. The van der Waals surface area contributed by atoms with Crippen LogP contribution in [0.1, 0.15) is 49.4 Å². The maximum Gasteiger partial charge on any atom is 0.340 e. The highest BCUT2D eigenvalue weighted by atomic mass is 35.5. The number of aromatic nitrogens is 2. The van der Waals surface area contributed by atoms with Gasteiger partial charge in [-0.25, -0.2) is 4.79 Å². The van der Waals surface area contributed by atoms with Gasteiger partial charge < -0.3 is 14.5 Å². The van der Waals surface area contributed by atoms with Crippen LogP contribution in [0.15, 0.2) is 67.0 Å². The Morgan fingerprint density at radius 3 is 2.53 bits per heavy atom. The van der Waals surface area contributed by atoms with Gasteiger partial charge >= 0.3 is 5.97 Å². The number of hydrogen-bond donors (Lipinski definition) is 1. The largest absolute Gasteiger partial charge is 0.462 e. The van der Waals surface area contributed by atoms with E-state index in [2.05, 4.69) is 10.3 Å². The summed E-state index contributed by atoms with van der Waals surface area (Å²) in [7, 11) is 0. The van der Waals surface area contributed by atoms with Gasteiger partial charge in [0, 0.05) is 23.5 Å².